The number of hydrogen-bond donors (Lipinski definition) is 2. The van der Waals surface area contributed by atoms with Crippen LogP contribution in [0, 0.1) is 6.92 Å². The number of rotatable bonds is 2. The number of carbonyl (C=O) groups excluding carboxylic acids is 1. The molecule has 25 heavy (non-hydrogen) atoms. The molecule has 0 aromatic carbocycles. The van der Waals surface area contributed by atoms with Crippen LogP contribution >= 0.6 is 11.3 Å². The zero-order valence-electron chi connectivity index (χ0n) is 13.9. The van der Waals surface area contributed by atoms with Crippen LogP contribution < -0.4 is 10.7 Å². The number of nitrogens with one attached hydrogen (secondary N) is 2. The summed E-state index contributed by atoms with van der Waals surface area (Å²) in [5, 5.41) is 3.69. The Bertz CT molecular complexity index is 1040. The van der Waals surface area contributed by atoms with Gasteiger partial charge in [-0.3, -0.25) is 14.9 Å². The van der Waals surface area contributed by atoms with Crippen LogP contribution in [-0.4, -0.2) is 39.4 Å². The SMILES string of the molecule is Cc1ccc2c(=O)c(C(=O)Nc3nc4c(s3)CN(C)CC4)c[nH]c2n1. The number of fused-ring (bicyclic) bond motifs is 2. The molecule has 3 aromatic heterocycles. The predicted octanol–water partition coefficient (Wildman–Crippen LogP) is 1.93. The van der Waals surface area contributed by atoms with Crippen molar-refractivity contribution >= 4 is 33.4 Å². The van der Waals surface area contributed by atoms with Crippen molar-refractivity contribution < 1.29 is 4.79 Å². The highest BCUT2D eigenvalue weighted by molar-refractivity contribution is 7.15. The van der Waals surface area contributed by atoms with Gasteiger partial charge in [0.05, 0.1) is 11.1 Å². The highest BCUT2D eigenvalue weighted by atomic mass is 32.1. The number of amides is 1. The van der Waals surface area contributed by atoms with Gasteiger partial charge in [0.1, 0.15) is 11.2 Å². The second-order valence-electron chi connectivity index (χ2n) is 6.21. The molecule has 1 amide bonds. The molecule has 0 unspecified atom stereocenters. The summed E-state index contributed by atoms with van der Waals surface area (Å²) in [5.74, 6) is -0.455. The van der Waals surface area contributed by atoms with E-state index >= 15 is 0 Å². The molecular formula is C17H17N5O2S. The smallest absolute Gasteiger partial charge is 0.262 e. The molecule has 0 saturated carbocycles. The Morgan fingerprint density at radius 1 is 1.36 bits per heavy atom. The van der Waals surface area contributed by atoms with Crippen LogP contribution in [0.2, 0.25) is 0 Å². The van der Waals surface area contributed by atoms with E-state index in [9.17, 15) is 9.59 Å². The van der Waals surface area contributed by atoms with Crippen LogP contribution in [0.4, 0.5) is 5.13 Å². The maximum atomic E-state index is 12.6. The van der Waals surface area contributed by atoms with E-state index in [-0.39, 0.29) is 11.0 Å². The summed E-state index contributed by atoms with van der Waals surface area (Å²) in [5.41, 5.74) is 2.04. The quantitative estimate of drug-likeness (QED) is 0.733. The highest BCUT2D eigenvalue weighted by Gasteiger charge is 2.20. The topological polar surface area (TPSA) is 91.0 Å². The van der Waals surface area contributed by atoms with Gasteiger partial charge in [-0.1, -0.05) is 0 Å². The number of aryl methyl sites for hydroxylation is 1. The van der Waals surface area contributed by atoms with Crippen molar-refractivity contribution in [1.82, 2.24) is 19.9 Å². The minimum absolute atomic E-state index is 0.0587. The van der Waals surface area contributed by atoms with E-state index < -0.39 is 5.91 Å². The van der Waals surface area contributed by atoms with Crippen molar-refractivity contribution in [3.8, 4) is 0 Å². The molecule has 3 aromatic rings. The number of hydrogen-bond acceptors (Lipinski definition) is 6. The summed E-state index contributed by atoms with van der Waals surface area (Å²) in [6.45, 7) is 3.64. The standard InChI is InChI=1S/C17H17N5O2S/c1-9-3-4-10-14(23)11(7-18-15(10)19-9)16(24)21-17-20-12-5-6-22(2)8-13(12)25-17/h3-4,7H,5-6,8H2,1-2H3,(H,18,19,23)(H,20,21,24). The Morgan fingerprint density at radius 3 is 3.04 bits per heavy atom. The monoisotopic (exact) mass is 355 g/mol. The van der Waals surface area contributed by atoms with Crippen LogP contribution in [0.5, 0.6) is 0 Å². The van der Waals surface area contributed by atoms with Crippen molar-refractivity contribution in [1.29, 1.82) is 0 Å². The molecule has 4 rings (SSSR count). The summed E-state index contributed by atoms with van der Waals surface area (Å²) in [6, 6.07) is 3.44. The summed E-state index contributed by atoms with van der Waals surface area (Å²) in [6.07, 6.45) is 2.29. The lowest BCUT2D eigenvalue weighted by Crippen LogP contribution is -2.25. The molecule has 1 aliphatic rings. The Hall–Kier alpha value is -2.58. The summed E-state index contributed by atoms with van der Waals surface area (Å²) in [7, 11) is 2.06. The van der Waals surface area contributed by atoms with Gasteiger partial charge in [0.15, 0.2) is 5.13 Å². The first kappa shape index (κ1) is 15.9. The fourth-order valence-corrected chi connectivity index (χ4v) is 3.99. The molecule has 7 nitrogen and oxygen atoms in total. The normalized spacial score (nSPS) is 14.5. The number of anilines is 1. The van der Waals surface area contributed by atoms with E-state index in [0.29, 0.717) is 16.2 Å². The molecular weight excluding hydrogens is 338 g/mol. The van der Waals surface area contributed by atoms with Crippen LogP contribution in [0.25, 0.3) is 11.0 Å². The Kier molecular flexibility index (Phi) is 3.85. The van der Waals surface area contributed by atoms with Crippen LogP contribution in [0.15, 0.2) is 23.1 Å². The number of aromatic amines is 1. The largest absolute Gasteiger partial charge is 0.345 e. The third kappa shape index (κ3) is 2.94. The van der Waals surface area contributed by atoms with Gasteiger partial charge in [-0.25, -0.2) is 9.97 Å². The van der Waals surface area contributed by atoms with Crippen molar-refractivity contribution in [2.24, 2.45) is 0 Å². The predicted molar refractivity (Wildman–Crippen MR) is 97.2 cm³/mol. The van der Waals surface area contributed by atoms with Crippen molar-refractivity contribution in [3.05, 3.63) is 50.4 Å². The van der Waals surface area contributed by atoms with E-state index in [1.54, 1.807) is 12.1 Å². The van der Waals surface area contributed by atoms with E-state index in [1.807, 2.05) is 6.92 Å². The fourth-order valence-electron chi connectivity index (χ4n) is 2.91. The van der Waals surface area contributed by atoms with Gasteiger partial charge in [-0.2, -0.15) is 0 Å². The number of nitrogens with zero attached hydrogens (tertiary/aromatic N) is 3. The van der Waals surface area contributed by atoms with Crippen molar-refractivity contribution in [2.75, 3.05) is 18.9 Å². The lowest BCUT2D eigenvalue weighted by Gasteiger charge is -2.20. The molecule has 2 N–H and O–H groups in total. The Morgan fingerprint density at radius 2 is 2.20 bits per heavy atom. The molecule has 1 aliphatic heterocycles. The molecule has 0 radical (unpaired) electrons. The van der Waals surface area contributed by atoms with E-state index in [0.717, 1.165) is 35.8 Å². The molecule has 128 valence electrons. The Labute approximate surface area is 147 Å². The molecule has 0 saturated heterocycles. The first-order valence-electron chi connectivity index (χ1n) is 7.99. The molecule has 0 bridgehead atoms. The van der Waals surface area contributed by atoms with Crippen molar-refractivity contribution in [2.45, 2.75) is 19.9 Å². The molecule has 0 aliphatic carbocycles. The van der Waals surface area contributed by atoms with Crippen LogP contribution in [0.3, 0.4) is 0 Å². The van der Waals surface area contributed by atoms with E-state index in [1.165, 1.54) is 17.5 Å². The maximum Gasteiger partial charge on any atom is 0.262 e. The first-order valence-corrected chi connectivity index (χ1v) is 8.80. The minimum atomic E-state index is -0.455. The summed E-state index contributed by atoms with van der Waals surface area (Å²) >= 11 is 1.46. The van der Waals surface area contributed by atoms with E-state index in [4.69, 9.17) is 0 Å². The number of aromatic nitrogens is 3. The number of carbonyl (C=O) groups is 1. The number of thiazole rings is 1. The third-order valence-electron chi connectivity index (χ3n) is 4.26. The van der Waals surface area contributed by atoms with Crippen molar-refractivity contribution in [3.63, 3.8) is 0 Å². The van der Waals surface area contributed by atoms with Gasteiger partial charge in [-0.15, -0.1) is 11.3 Å². The zero-order valence-corrected chi connectivity index (χ0v) is 14.7. The minimum Gasteiger partial charge on any atom is -0.345 e. The fraction of sp³-hybridized carbons (Fsp3) is 0.294. The molecule has 0 atom stereocenters. The maximum absolute atomic E-state index is 12.6. The lowest BCUT2D eigenvalue weighted by atomic mass is 10.2. The molecule has 4 heterocycles. The average Bonchev–Trinajstić information content (AvgIpc) is 2.96. The first-order chi connectivity index (χ1) is 12.0. The lowest BCUT2D eigenvalue weighted by molar-refractivity contribution is 0.102. The van der Waals surface area contributed by atoms with Crippen LogP contribution in [0.1, 0.15) is 26.6 Å². The second kappa shape index (κ2) is 6.05. The van der Waals surface area contributed by atoms with Gasteiger partial charge in [0.2, 0.25) is 5.43 Å². The Balaban J connectivity index is 1.63. The number of likely N-dealkylation sites (N-methyl/N-ethyl adjacent to an activating group) is 1. The number of pyridine rings is 2. The van der Waals surface area contributed by atoms with Gasteiger partial charge in [-0.05, 0) is 26.1 Å². The van der Waals surface area contributed by atoms with Gasteiger partial charge >= 0.3 is 0 Å². The average molecular weight is 355 g/mol. The number of H-pyrrole nitrogens is 1. The molecule has 0 spiro atoms. The highest BCUT2D eigenvalue weighted by Crippen LogP contribution is 2.27. The third-order valence-corrected chi connectivity index (χ3v) is 5.26. The summed E-state index contributed by atoms with van der Waals surface area (Å²) < 4.78 is 0. The zero-order chi connectivity index (χ0) is 17.6. The van der Waals surface area contributed by atoms with Gasteiger partial charge < -0.3 is 9.88 Å². The molecule has 0 fully saturated rings. The van der Waals surface area contributed by atoms with Gasteiger partial charge in [0.25, 0.3) is 5.91 Å². The van der Waals surface area contributed by atoms with Gasteiger partial charge in [0, 0.05) is 36.3 Å². The van der Waals surface area contributed by atoms with E-state index in [2.05, 4.69) is 32.2 Å². The summed E-state index contributed by atoms with van der Waals surface area (Å²) in [4.78, 5) is 40.2. The van der Waals surface area contributed by atoms with Crippen LogP contribution in [-0.2, 0) is 13.0 Å². The molecule has 8 heteroatoms. The second-order valence-corrected chi connectivity index (χ2v) is 7.29.